The second-order valence-corrected chi connectivity index (χ2v) is 5.78. The average Bonchev–Trinajstić information content (AvgIpc) is 2.68. The standard InChI is InChI=1S/C20H21N5O2/c1-3-27-18-10-5-4-9-16(18)24-19(26)17-12-14(2)23-20(25-17)22-13-15-8-6-7-11-21-15/h4-12H,3,13H2,1-2H3,(H,24,26)(H,22,23,25). The number of hydrogen-bond acceptors (Lipinski definition) is 6. The lowest BCUT2D eigenvalue weighted by Crippen LogP contribution is -2.17. The minimum absolute atomic E-state index is 0.275. The monoisotopic (exact) mass is 363 g/mol. The van der Waals surface area contributed by atoms with Gasteiger partial charge >= 0.3 is 0 Å². The summed E-state index contributed by atoms with van der Waals surface area (Å²) in [5.41, 5.74) is 2.43. The molecule has 2 aromatic heterocycles. The third kappa shape index (κ3) is 5.01. The van der Waals surface area contributed by atoms with Crippen molar-refractivity contribution >= 4 is 17.5 Å². The van der Waals surface area contributed by atoms with Gasteiger partial charge in [0.05, 0.1) is 24.5 Å². The highest BCUT2D eigenvalue weighted by Gasteiger charge is 2.13. The number of nitrogens with one attached hydrogen (secondary N) is 2. The number of para-hydroxylation sites is 2. The molecule has 0 bridgehead atoms. The summed E-state index contributed by atoms with van der Waals surface area (Å²) in [5, 5.41) is 5.95. The fourth-order valence-electron chi connectivity index (χ4n) is 2.47. The molecule has 0 atom stereocenters. The predicted octanol–water partition coefficient (Wildman–Crippen LogP) is 3.44. The first-order valence-electron chi connectivity index (χ1n) is 8.68. The Hall–Kier alpha value is -3.48. The smallest absolute Gasteiger partial charge is 0.274 e. The van der Waals surface area contributed by atoms with Crippen LogP contribution in [0.25, 0.3) is 0 Å². The summed E-state index contributed by atoms with van der Waals surface area (Å²) >= 11 is 0. The lowest BCUT2D eigenvalue weighted by molar-refractivity contribution is 0.102. The van der Waals surface area contributed by atoms with Crippen LogP contribution in [0.3, 0.4) is 0 Å². The van der Waals surface area contributed by atoms with Gasteiger partial charge in [-0.3, -0.25) is 9.78 Å². The van der Waals surface area contributed by atoms with Gasteiger partial charge in [0.1, 0.15) is 11.4 Å². The Morgan fingerprint density at radius 2 is 1.93 bits per heavy atom. The number of hydrogen-bond donors (Lipinski definition) is 2. The van der Waals surface area contributed by atoms with Crippen LogP contribution in [0, 0.1) is 6.92 Å². The number of amides is 1. The molecule has 7 nitrogen and oxygen atoms in total. The highest BCUT2D eigenvalue weighted by Crippen LogP contribution is 2.24. The van der Waals surface area contributed by atoms with Crippen molar-refractivity contribution in [1.82, 2.24) is 15.0 Å². The summed E-state index contributed by atoms with van der Waals surface area (Å²) in [4.78, 5) is 25.5. The zero-order valence-corrected chi connectivity index (χ0v) is 15.3. The zero-order valence-electron chi connectivity index (χ0n) is 15.3. The van der Waals surface area contributed by atoms with E-state index in [-0.39, 0.29) is 11.6 Å². The van der Waals surface area contributed by atoms with E-state index in [0.717, 1.165) is 5.69 Å². The molecule has 27 heavy (non-hydrogen) atoms. The van der Waals surface area contributed by atoms with Crippen molar-refractivity contribution < 1.29 is 9.53 Å². The molecule has 3 aromatic rings. The van der Waals surface area contributed by atoms with Crippen molar-refractivity contribution in [3.63, 3.8) is 0 Å². The van der Waals surface area contributed by atoms with Crippen LogP contribution in [0.1, 0.15) is 28.8 Å². The fourth-order valence-corrected chi connectivity index (χ4v) is 2.47. The van der Waals surface area contributed by atoms with Crippen molar-refractivity contribution in [2.24, 2.45) is 0 Å². The quantitative estimate of drug-likeness (QED) is 0.668. The van der Waals surface area contributed by atoms with Gasteiger partial charge in [0, 0.05) is 11.9 Å². The number of aromatic nitrogens is 3. The normalized spacial score (nSPS) is 10.3. The van der Waals surface area contributed by atoms with Gasteiger partial charge in [-0.1, -0.05) is 18.2 Å². The summed E-state index contributed by atoms with van der Waals surface area (Å²) in [5.74, 6) is 0.671. The Balaban J connectivity index is 1.74. The van der Waals surface area contributed by atoms with Crippen molar-refractivity contribution in [3.8, 4) is 5.75 Å². The van der Waals surface area contributed by atoms with Crippen LogP contribution in [0.5, 0.6) is 5.75 Å². The molecule has 7 heteroatoms. The molecule has 1 amide bonds. The number of ether oxygens (including phenoxy) is 1. The van der Waals surface area contributed by atoms with Gasteiger partial charge in [0.25, 0.3) is 5.91 Å². The maximum absolute atomic E-state index is 12.7. The molecule has 0 saturated heterocycles. The second kappa shape index (κ2) is 8.75. The Bertz CT molecular complexity index is 915. The van der Waals surface area contributed by atoms with E-state index in [1.165, 1.54) is 0 Å². The topological polar surface area (TPSA) is 89.0 Å². The van der Waals surface area contributed by atoms with Gasteiger partial charge in [0.2, 0.25) is 5.95 Å². The molecule has 0 radical (unpaired) electrons. The third-order valence-corrected chi connectivity index (χ3v) is 3.68. The number of aryl methyl sites for hydroxylation is 1. The molecule has 138 valence electrons. The minimum Gasteiger partial charge on any atom is -0.492 e. The Labute approximate surface area is 157 Å². The Kier molecular flexibility index (Phi) is 5.94. The lowest BCUT2D eigenvalue weighted by atomic mass is 10.2. The molecule has 3 rings (SSSR count). The third-order valence-electron chi connectivity index (χ3n) is 3.68. The molecule has 1 aromatic carbocycles. The van der Waals surface area contributed by atoms with E-state index < -0.39 is 0 Å². The van der Waals surface area contributed by atoms with Crippen molar-refractivity contribution in [2.75, 3.05) is 17.2 Å². The summed E-state index contributed by atoms with van der Waals surface area (Å²) in [6.07, 6.45) is 1.73. The van der Waals surface area contributed by atoms with Crippen LogP contribution in [-0.4, -0.2) is 27.5 Å². The van der Waals surface area contributed by atoms with Gasteiger partial charge in [-0.05, 0) is 44.2 Å². The number of anilines is 2. The molecule has 0 unspecified atom stereocenters. The summed E-state index contributed by atoms with van der Waals surface area (Å²) < 4.78 is 5.54. The molecule has 2 N–H and O–H groups in total. The number of nitrogens with zero attached hydrogens (tertiary/aromatic N) is 3. The molecular formula is C20H21N5O2. The second-order valence-electron chi connectivity index (χ2n) is 5.78. The van der Waals surface area contributed by atoms with Crippen LogP contribution in [0.15, 0.2) is 54.7 Å². The molecular weight excluding hydrogens is 342 g/mol. The van der Waals surface area contributed by atoms with Crippen LogP contribution in [-0.2, 0) is 6.54 Å². The molecule has 0 aliphatic rings. The number of carbonyl (C=O) groups excluding carboxylic acids is 1. The molecule has 0 aliphatic carbocycles. The maximum Gasteiger partial charge on any atom is 0.274 e. The van der Waals surface area contributed by atoms with Crippen LogP contribution in [0.2, 0.25) is 0 Å². The first kappa shape index (κ1) is 18.3. The largest absolute Gasteiger partial charge is 0.492 e. The van der Waals surface area contributed by atoms with E-state index in [1.54, 1.807) is 18.3 Å². The fraction of sp³-hybridized carbons (Fsp3) is 0.200. The van der Waals surface area contributed by atoms with E-state index >= 15 is 0 Å². The van der Waals surface area contributed by atoms with Crippen LogP contribution >= 0.6 is 0 Å². The van der Waals surface area contributed by atoms with Crippen LogP contribution < -0.4 is 15.4 Å². The van der Waals surface area contributed by atoms with Gasteiger partial charge in [-0.2, -0.15) is 0 Å². The number of pyridine rings is 1. The van der Waals surface area contributed by atoms with E-state index in [9.17, 15) is 4.79 Å². The number of rotatable bonds is 7. The lowest BCUT2D eigenvalue weighted by Gasteiger charge is -2.12. The zero-order chi connectivity index (χ0) is 19.1. The first-order valence-corrected chi connectivity index (χ1v) is 8.68. The van der Waals surface area contributed by atoms with Crippen LogP contribution in [0.4, 0.5) is 11.6 Å². The highest BCUT2D eigenvalue weighted by atomic mass is 16.5. The summed E-state index contributed by atoms with van der Waals surface area (Å²) in [6, 6.07) is 14.6. The molecule has 0 fully saturated rings. The highest BCUT2D eigenvalue weighted by molar-refractivity contribution is 6.03. The van der Waals surface area contributed by atoms with Gasteiger partial charge in [-0.15, -0.1) is 0 Å². The summed E-state index contributed by atoms with van der Waals surface area (Å²) in [7, 11) is 0. The van der Waals surface area contributed by atoms with Gasteiger partial charge in [0.15, 0.2) is 0 Å². The van der Waals surface area contributed by atoms with Gasteiger partial charge < -0.3 is 15.4 Å². The maximum atomic E-state index is 12.7. The van der Waals surface area contributed by atoms with E-state index in [4.69, 9.17) is 4.74 Å². The van der Waals surface area contributed by atoms with Crippen molar-refractivity contribution in [2.45, 2.75) is 20.4 Å². The van der Waals surface area contributed by atoms with Crippen molar-refractivity contribution in [1.29, 1.82) is 0 Å². The number of carbonyl (C=O) groups is 1. The van der Waals surface area contributed by atoms with E-state index in [2.05, 4.69) is 25.6 Å². The molecule has 0 saturated carbocycles. The van der Waals surface area contributed by atoms with E-state index in [0.29, 0.717) is 36.2 Å². The van der Waals surface area contributed by atoms with Crippen molar-refractivity contribution in [3.05, 3.63) is 71.8 Å². The predicted molar refractivity (Wildman–Crippen MR) is 104 cm³/mol. The SMILES string of the molecule is CCOc1ccccc1NC(=O)c1cc(C)nc(NCc2ccccn2)n1. The van der Waals surface area contributed by atoms with E-state index in [1.807, 2.05) is 50.2 Å². The minimum atomic E-state index is -0.325. The molecule has 0 aliphatic heterocycles. The Morgan fingerprint density at radius 1 is 1.11 bits per heavy atom. The average molecular weight is 363 g/mol. The Morgan fingerprint density at radius 3 is 2.70 bits per heavy atom. The first-order chi connectivity index (χ1) is 13.2. The van der Waals surface area contributed by atoms with Gasteiger partial charge in [-0.25, -0.2) is 9.97 Å². The molecule has 2 heterocycles. The summed E-state index contributed by atoms with van der Waals surface area (Å²) in [6.45, 7) is 4.70. The molecule has 0 spiro atoms. The number of benzene rings is 1.